The van der Waals surface area contributed by atoms with E-state index in [4.69, 9.17) is 5.73 Å². The van der Waals surface area contributed by atoms with Gasteiger partial charge in [-0.1, -0.05) is 0 Å². The number of likely N-dealkylation sites (tertiary alicyclic amines) is 1. The number of carbonyl (C=O) groups is 2. The van der Waals surface area contributed by atoms with E-state index in [1.165, 1.54) is 24.2 Å². The molecule has 0 radical (unpaired) electrons. The molecule has 0 aromatic carbocycles. The summed E-state index contributed by atoms with van der Waals surface area (Å²) in [6.07, 6.45) is 6.98. The van der Waals surface area contributed by atoms with Crippen LogP contribution in [0.1, 0.15) is 32.1 Å². The summed E-state index contributed by atoms with van der Waals surface area (Å²) >= 11 is 0. The van der Waals surface area contributed by atoms with Gasteiger partial charge in [-0.2, -0.15) is 0 Å². The van der Waals surface area contributed by atoms with Crippen molar-refractivity contribution in [3.63, 3.8) is 0 Å². The van der Waals surface area contributed by atoms with E-state index in [1.54, 1.807) is 6.20 Å². The molecule has 7 nitrogen and oxygen atoms in total. The summed E-state index contributed by atoms with van der Waals surface area (Å²) in [5.74, 6) is 0.673. The molecular formula is C17H25N5O2. The molecule has 0 aliphatic carbocycles. The van der Waals surface area contributed by atoms with Gasteiger partial charge in [0.2, 0.25) is 5.91 Å². The molecule has 0 bridgehead atoms. The molecule has 0 saturated carbocycles. The number of nitrogens with two attached hydrogens (primary N) is 1. The van der Waals surface area contributed by atoms with Crippen molar-refractivity contribution in [2.24, 2.45) is 11.7 Å². The molecule has 2 saturated heterocycles. The molecule has 2 aliphatic heterocycles. The van der Waals surface area contributed by atoms with Crippen LogP contribution in [0.2, 0.25) is 0 Å². The number of urea groups is 1. The van der Waals surface area contributed by atoms with Crippen LogP contribution < -0.4 is 16.0 Å². The van der Waals surface area contributed by atoms with Crippen LogP contribution in [0.3, 0.4) is 0 Å². The van der Waals surface area contributed by atoms with E-state index < -0.39 is 6.03 Å². The molecule has 1 aromatic rings. The van der Waals surface area contributed by atoms with Crippen LogP contribution in [0.25, 0.3) is 0 Å². The summed E-state index contributed by atoms with van der Waals surface area (Å²) in [4.78, 5) is 31.9. The molecule has 0 spiro atoms. The van der Waals surface area contributed by atoms with Crippen molar-refractivity contribution >= 4 is 23.4 Å². The van der Waals surface area contributed by atoms with Gasteiger partial charge >= 0.3 is 6.03 Å². The lowest BCUT2D eigenvalue weighted by Crippen LogP contribution is -2.46. The first kappa shape index (κ1) is 16.5. The number of nitrogens with one attached hydrogen (secondary N) is 1. The van der Waals surface area contributed by atoms with Crippen molar-refractivity contribution in [3.8, 4) is 0 Å². The van der Waals surface area contributed by atoms with Crippen LogP contribution in [-0.4, -0.2) is 48.0 Å². The van der Waals surface area contributed by atoms with E-state index in [0.29, 0.717) is 18.8 Å². The molecule has 130 valence electrons. The van der Waals surface area contributed by atoms with E-state index in [-0.39, 0.29) is 11.8 Å². The maximum absolute atomic E-state index is 12.4. The molecular weight excluding hydrogens is 306 g/mol. The van der Waals surface area contributed by atoms with Crippen molar-refractivity contribution in [1.29, 1.82) is 0 Å². The lowest BCUT2D eigenvalue weighted by atomic mass is 9.97. The number of amides is 3. The van der Waals surface area contributed by atoms with Crippen molar-refractivity contribution in [2.45, 2.75) is 32.1 Å². The van der Waals surface area contributed by atoms with Crippen LogP contribution in [0.5, 0.6) is 0 Å². The highest BCUT2D eigenvalue weighted by Crippen LogP contribution is 2.21. The van der Waals surface area contributed by atoms with Gasteiger partial charge in [0.05, 0.1) is 17.8 Å². The number of hydrogen-bond donors (Lipinski definition) is 2. The molecule has 7 heteroatoms. The van der Waals surface area contributed by atoms with Gasteiger partial charge in [0, 0.05) is 26.2 Å². The molecule has 0 unspecified atom stereocenters. The highest BCUT2D eigenvalue weighted by Gasteiger charge is 2.27. The molecule has 1 aromatic heterocycles. The second kappa shape index (κ2) is 7.51. The molecule has 3 rings (SSSR count). The Bertz CT molecular complexity index is 583. The summed E-state index contributed by atoms with van der Waals surface area (Å²) in [6, 6.07) is 3.39. The number of carbonyl (C=O) groups excluding carboxylic acids is 2. The van der Waals surface area contributed by atoms with Crippen molar-refractivity contribution < 1.29 is 9.59 Å². The predicted molar refractivity (Wildman–Crippen MR) is 92.8 cm³/mol. The van der Waals surface area contributed by atoms with Crippen LogP contribution >= 0.6 is 0 Å². The van der Waals surface area contributed by atoms with Crippen LogP contribution in [0.4, 0.5) is 16.3 Å². The van der Waals surface area contributed by atoms with E-state index in [2.05, 4.69) is 15.2 Å². The van der Waals surface area contributed by atoms with Crippen LogP contribution in [0, 0.1) is 5.92 Å². The number of hydrogen-bond acceptors (Lipinski definition) is 4. The first-order chi connectivity index (χ1) is 11.6. The minimum atomic E-state index is -0.458. The normalized spacial score (nSPS) is 21.4. The minimum Gasteiger partial charge on any atom is -0.357 e. The smallest absolute Gasteiger partial charge is 0.314 e. The third kappa shape index (κ3) is 3.96. The molecule has 3 N–H and O–H groups in total. The first-order valence-corrected chi connectivity index (χ1v) is 8.70. The van der Waals surface area contributed by atoms with Gasteiger partial charge in [0.15, 0.2) is 0 Å². The summed E-state index contributed by atoms with van der Waals surface area (Å²) in [6.45, 7) is 3.11. The third-order valence-corrected chi connectivity index (χ3v) is 4.80. The van der Waals surface area contributed by atoms with Crippen LogP contribution in [0.15, 0.2) is 18.3 Å². The van der Waals surface area contributed by atoms with Gasteiger partial charge in [-0.05, 0) is 44.2 Å². The fourth-order valence-corrected chi connectivity index (χ4v) is 3.41. The Morgan fingerprint density at radius 2 is 1.92 bits per heavy atom. The van der Waals surface area contributed by atoms with Gasteiger partial charge < -0.3 is 20.9 Å². The number of primary amides is 1. The summed E-state index contributed by atoms with van der Waals surface area (Å²) < 4.78 is 0. The van der Waals surface area contributed by atoms with E-state index in [1.807, 2.05) is 12.1 Å². The summed E-state index contributed by atoms with van der Waals surface area (Å²) in [5.41, 5.74) is 6.00. The second-order valence-electron chi connectivity index (χ2n) is 6.57. The Balaban J connectivity index is 1.57. The zero-order valence-corrected chi connectivity index (χ0v) is 13.9. The standard InChI is InChI=1S/C17H25N5O2/c18-17(24)22-10-4-5-13(12-22)16(23)20-14-6-7-15(19-11-14)21-8-2-1-3-9-21/h6-7,11,13H,1-5,8-10,12H2,(H2,18,24)(H,20,23)/t13-/m1/s1. The highest BCUT2D eigenvalue weighted by molar-refractivity contribution is 5.93. The van der Waals surface area contributed by atoms with E-state index in [9.17, 15) is 9.59 Å². The molecule has 2 aliphatic rings. The molecule has 3 amide bonds. The minimum absolute atomic E-state index is 0.0755. The van der Waals surface area contributed by atoms with E-state index in [0.717, 1.165) is 31.7 Å². The van der Waals surface area contributed by atoms with Crippen LogP contribution in [-0.2, 0) is 4.79 Å². The zero-order chi connectivity index (χ0) is 16.9. The Labute approximate surface area is 142 Å². The van der Waals surface area contributed by atoms with Crippen molar-refractivity contribution in [3.05, 3.63) is 18.3 Å². The maximum Gasteiger partial charge on any atom is 0.314 e. The van der Waals surface area contributed by atoms with Gasteiger partial charge in [0.1, 0.15) is 5.82 Å². The quantitative estimate of drug-likeness (QED) is 0.883. The molecule has 3 heterocycles. The Morgan fingerprint density at radius 3 is 2.58 bits per heavy atom. The molecule has 2 fully saturated rings. The monoisotopic (exact) mass is 331 g/mol. The van der Waals surface area contributed by atoms with Gasteiger partial charge in [0.25, 0.3) is 0 Å². The largest absolute Gasteiger partial charge is 0.357 e. The third-order valence-electron chi connectivity index (χ3n) is 4.80. The SMILES string of the molecule is NC(=O)N1CCC[C@@H](C(=O)Nc2ccc(N3CCCCC3)nc2)C1. The molecule has 1 atom stereocenters. The number of aromatic nitrogens is 1. The number of piperidine rings is 2. The predicted octanol–water partition coefficient (Wildman–Crippen LogP) is 1.80. The zero-order valence-electron chi connectivity index (χ0n) is 13.9. The lowest BCUT2D eigenvalue weighted by Gasteiger charge is -2.30. The number of rotatable bonds is 3. The Hall–Kier alpha value is -2.31. The van der Waals surface area contributed by atoms with Gasteiger partial charge in [-0.3, -0.25) is 4.79 Å². The van der Waals surface area contributed by atoms with Gasteiger partial charge in [-0.15, -0.1) is 0 Å². The topological polar surface area (TPSA) is 91.6 Å². The number of pyridine rings is 1. The Kier molecular flexibility index (Phi) is 5.17. The fraction of sp³-hybridized carbons (Fsp3) is 0.588. The molecule has 24 heavy (non-hydrogen) atoms. The average Bonchev–Trinajstić information content (AvgIpc) is 2.63. The Morgan fingerprint density at radius 1 is 1.12 bits per heavy atom. The summed E-state index contributed by atoms with van der Waals surface area (Å²) in [7, 11) is 0. The lowest BCUT2D eigenvalue weighted by molar-refractivity contribution is -0.121. The summed E-state index contributed by atoms with van der Waals surface area (Å²) in [5, 5.41) is 2.90. The number of nitrogens with zero attached hydrogens (tertiary/aromatic N) is 3. The van der Waals surface area contributed by atoms with Crippen molar-refractivity contribution in [2.75, 3.05) is 36.4 Å². The van der Waals surface area contributed by atoms with Crippen molar-refractivity contribution in [1.82, 2.24) is 9.88 Å². The van der Waals surface area contributed by atoms with E-state index >= 15 is 0 Å². The number of anilines is 2. The van der Waals surface area contributed by atoms with Gasteiger partial charge in [-0.25, -0.2) is 9.78 Å². The second-order valence-corrected chi connectivity index (χ2v) is 6.57. The first-order valence-electron chi connectivity index (χ1n) is 8.70. The maximum atomic E-state index is 12.4. The fourth-order valence-electron chi connectivity index (χ4n) is 3.41. The average molecular weight is 331 g/mol. The highest BCUT2D eigenvalue weighted by atomic mass is 16.2.